The molecule has 0 N–H and O–H groups in total. The van der Waals surface area contributed by atoms with Crippen LogP contribution in [-0.4, -0.2) is 9.13 Å². The average molecular weight is 751 g/mol. The lowest BCUT2D eigenvalue weighted by molar-refractivity contribution is 0.346. The zero-order valence-corrected chi connectivity index (χ0v) is 33.7. The van der Waals surface area contributed by atoms with Crippen LogP contribution in [0.5, 0.6) is 0 Å². The van der Waals surface area contributed by atoms with Crippen molar-refractivity contribution in [3.8, 4) is 22.5 Å². The summed E-state index contributed by atoms with van der Waals surface area (Å²) < 4.78 is 4.91. The second-order valence-corrected chi connectivity index (χ2v) is 15.9. The molecule has 0 radical (unpaired) electrons. The minimum Gasteiger partial charge on any atom is -0.309 e. The summed E-state index contributed by atoms with van der Waals surface area (Å²) in [6.07, 6.45) is 15.3. The van der Waals surface area contributed by atoms with Crippen LogP contribution >= 0.6 is 0 Å². The fourth-order valence-electron chi connectivity index (χ4n) is 10.1. The molecule has 1 saturated carbocycles. The van der Waals surface area contributed by atoms with E-state index in [1.54, 1.807) is 0 Å². The molecule has 0 atom stereocenters. The Kier molecular flexibility index (Phi) is 9.42. The summed E-state index contributed by atoms with van der Waals surface area (Å²) in [4.78, 5) is 0. The molecule has 0 spiro atoms. The van der Waals surface area contributed by atoms with Crippen LogP contribution in [0.4, 0.5) is 0 Å². The molecule has 284 valence electrons. The summed E-state index contributed by atoms with van der Waals surface area (Å²) >= 11 is 0. The molecule has 2 aliphatic rings. The van der Waals surface area contributed by atoms with Gasteiger partial charge in [0.1, 0.15) is 0 Å². The first kappa shape index (κ1) is 36.0. The molecule has 9 aromatic rings. The highest BCUT2D eigenvalue weighted by Gasteiger charge is 2.36. The predicted molar refractivity (Wildman–Crippen MR) is 249 cm³/mol. The number of para-hydroxylation sites is 2. The number of rotatable bonds is 6. The molecule has 2 aliphatic carbocycles. The smallest absolute Gasteiger partial charge is 0.0541 e. The minimum absolute atomic E-state index is 0.00230. The second-order valence-electron chi connectivity index (χ2n) is 15.9. The van der Waals surface area contributed by atoms with Gasteiger partial charge in [0.25, 0.3) is 0 Å². The van der Waals surface area contributed by atoms with E-state index in [1.165, 1.54) is 120 Å². The van der Waals surface area contributed by atoms with Crippen molar-refractivity contribution >= 4 is 49.2 Å². The Morgan fingerprint density at radius 3 is 1.47 bits per heavy atom. The number of fused-ring (bicyclic) bond motifs is 6. The van der Waals surface area contributed by atoms with Crippen LogP contribution in [-0.2, 0) is 5.41 Å². The van der Waals surface area contributed by atoms with Gasteiger partial charge in [-0.3, -0.25) is 0 Å². The van der Waals surface area contributed by atoms with E-state index in [9.17, 15) is 0 Å². The Labute approximate surface area is 342 Å². The molecule has 11 rings (SSSR count). The van der Waals surface area contributed by atoms with Crippen LogP contribution in [0, 0.1) is 0 Å². The molecule has 0 aliphatic heterocycles. The molecular weight excluding hydrogens is 701 g/mol. The normalized spacial score (nSPS) is 15.1. The third-order valence-corrected chi connectivity index (χ3v) is 12.8. The van der Waals surface area contributed by atoms with Gasteiger partial charge in [-0.2, -0.15) is 0 Å². The Morgan fingerprint density at radius 1 is 0.414 bits per heavy atom. The van der Waals surface area contributed by atoms with Crippen molar-refractivity contribution in [3.05, 3.63) is 199 Å². The fraction of sp³-hybridized carbons (Fsp3) is 0.179. The topological polar surface area (TPSA) is 9.86 Å². The minimum atomic E-state index is -0.00230. The quantitative estimate of drug-likeness (QED) is 0.160. The predicted octanol–water partition coefficient (Wildman–Crippen LogP) is 15.6. The van der Waals surface area contributed by atoms with Gasteiger partial charge in [-0.1, -0.05) is 154 Å². The van der Waals surface area contributed by atoms with E-state index in [1.807, 2.05) is 13.8 Å². The number of allylic oxidation sites excluding steroid dienone is 4. The number of hydrogen-bond donors (Lipinski definition) is 0. The number of nitrogens with zero attached hydrogens (tertiary/aromatic N) is 2. The van der Waals surface area contributed by atoms with Gasteiger partial charge in [-0.05, 0) is 120 Å². The first-order valence-electron chi connectivity index (χ1n) is 21.5. The van der Waals surface area contributed by atoms with Crippen molar-refractivity contribution in [2.45, 2.75) is 64.2 Å². The lowest BCUT2D eigenvalue weighted by Crippen LogP contribution is -2.30. The highest BCUT2D eigenvalue weighted by molar-refractivity contribution is 6.11. The maximum Gasteiger partial charge on any atom is 0.0541 e. The van der Waals surface area contributed by atoms with Crippen LogP contribution in [0.25, 0.3) is 71.7 Å². The summed E-state index contributed by atoms with van der Waals surface area (Å²) in [5.41, 5.74) is 15.4. The van der Waals surface area contributed by atoms with Crippen molar-refractivity contribution in [3.63, 3.8) is 0 Å². The van der Waals surface area contributed by atoms with Crippen molar-refractivity contribution in [1.29, 1.82) is 0 Å². The summed E-state index contributed by atoms with van der Waals surface area (Å²) in [5, 5.41) is 5.19. The first-order chi connectivity index (χ1) is 28.7. The van der Waals surface area contributed by atoms with Crippen LogP contribution < -0.4 is 0 Å². The van der Waals surface area contributed by atoms with E-state index in [0.717, 1.165) is 12.8 Å². The molecule has 7 aromatic carbocycles. The second kappa shape index (κ2) is 15.2. The average Bonchev–Trinajstić information content (AvgIpc) is 3.83. The lowest BCUT2D eigenvalue weighted by Gasteiger charge is -2.39. The summed E-state index contributed by atoms with van der Waals surface area (Å²) in [6, 6.07) is 61.6. The Morgan fingerprint density at radius 2 is 0.914 bits per heavy atom. The molecule has 0 unspecified atom stereocenters. The molecule has 58 heavy (non-hydrogen) atoms. The molecule has 2 aromatic heterocycles. The molecule has 2 nitrogen and oxygen atoms in total. The maximum atomic E-state index is 2.46. The Balaban J connectivity index is 0.00000201. The van der Waals surface area contributed by atoms with Crippen LogP contribution in [0.1, 0.15) is 75.5 Å². The molecule has 0 bridgehead atoms. The first-order valence-corrected chi connectivity index (χ1v) is 21.5. The number of benzene rings is 7. The third kappa shape index (κ3) is 6.02. The standard InChI is InChI=1S/C54H44N2.C2H6/c1-4-14-38(15-5-1)40-22-32-52-48(36-40)46-18-8-10-20-50(46)55(52)44-28-24-42(25-29-44)54(34-12-3-13-35-54)43-26-30-45(31-27-43)56-51-21-11-9-19-47(51)49-37-41(23-33-53(49)56)39-16-6-2-7-17-39;1-2/h1,4-6,8-11,14-33,36-37H,2-3,7,12-13,34-35H2;1-2H3. The van der Waals surface area contributed by atoms with Crippen LogP contribution in [0.3, 0.4) is 0 Å². The molecule has 2 heteroatoms. The van der Waals surface area contributed by atoms with E-state index in [2.05, 4.69) is 191 Å². The molecular formula is C56H50N2. The van der Waals surface area contributed by atoms with Gasteiger partial charge < -0.3 is 9.13 Å². The van der Waals surface area contributed by atoms with E-state index >= 15 is 0 Å². The van der Waals surface area contributed by atoms with E-state index in [4.69, 9.17) is 0 Å². The zero-order chi connectivity index (χ0) is 39.1. The maximum absolute atomic E-state index is 2.46. The highest BCUT2D eigenvalue weighted by atomic mass is 15.0. The van der Waals surface area contributed by atoms with E-state index in [0.29, 0.717) is 0 Å². The van der Waals surface area contributed by atoms with Gasteiger partial charge in [0.15, 0.2) is 0 Å². The number of aromatic nitrogens is 2. The fourth-order valence-corrected chi connectivity index (χ4v) is 10.1. The van der Waals surface area contributed by atoms with Crippen molar-refractivity contribution < 1.29 is 0 Å². The van der Waals surface area contributed by atoms with Gasteiger partial charge in [0.05, 0.1) is 22.1 Å². The highest BCUT2D eigenvalue weighted by Crippen LogP contribution is 2.46. The van der Waals surface area contributed by atoms with Crippen molar-refractivity contribution in [1.82, 2.24) is 9.13 Å². The number of hydrogen-bond acceptors (Lipinski definition) is 0. The van der Waals surface area contributed by atoms with Gasteiger partial charge in [-0.25, -0.2) is 0 Å². The van der Waals surface area contributed by atoms with Crippen LogP contribution in [0.15, 0.2) is 182 Å². The molecule has 0 saturated heterocycles. The summed E-state index contributed by atoms with van der Waals surface area (Å²) in [7, 11) is 0. The molecule has 1 fully saturated rings. The van der Waals surface area contributed by atoms with E-state index in [-0.39, 0.29) is 5.41 Å². The van der Waals surface area contributed by atoms with E-state index < -0.39 is 0 Å². The third-order valence-electron chi connectivity index (χ3n) is 12.8. The Hall–Kier alpha value is -6.38. The molecule has 2 heterocycles. The summed E-state index contributed by atoms with van der Waals surface area (Å²) in [6.45, 7) is 4.00. The van der Waals surface area contributed by atoms with Gasteiger partial charge in [0, 0.05) is 38.3 Å². The largest absolute Gasteiger partial charge is 0.309 e. The van der Waals surface area contributed by atoms with Crippen molar-refractivity contribution in [2.24, 2.45) is 0 Å². The lowest BCUT2D eigenvalue weighted by atomic mass is 9.65. The van der Waals surface area contributed by atoms with Crippen LogP contribution in [0.2, 0.25) is 0 Å². The van der Waals surface area contributed by atoms with Gasteiger partial charge in [-0.15, -0.1) is 0 Å². The van der Waals surface area contributed by atoms with Gasteiger partial charge in [0.2, 0.25) is 0 Å². The zero-order valence-electron chi connectivity index (χ0n) is 33.7. The summed E-state index contributed by atoms with van der Waals surface area (Å²) in [5.74, 6) is 0. The SMILES string of the molecule is C1=CC(c2ccc3c(c2)c2ccccc2n3-c2ccc(C3(c4ccc(-n5c6ccccc6c6cc(-c7ccccc7)ccc65)cc4)CCCCC3)cc2)=CCC1.CC. The monoisotopic (exact) mass is 750 g/mol. The Bertz CT molecular complexity index is 2960. The molecule has 0 amide bonds. The van der Waals surface area contributed by atoms with Gasteiger partial charge >= 0.3 is 0 Å². The van der Waals surface area contributed by atoms with Crippen molar-refractivity contribution in [2.75, 3.05) is 0 Å².